The molecule has 5 heteroatoms. The monoisotopic (exact) mass is 303 g/mol. The first-order chi connectivity index (χ1) is 9.95. The van der Waals surface area contributed by atoms with E-state index in [9.17, 15) is 9.59 Å². The van der Waals surface area contributed by atoms with Gasteiger partial charge in [-0.25, -0.2) is 4.79 Å². The third kappa shape index (κ3) is 4.16. The summed E-state index contributed by atoms with van der Waals surface area (Å²) >= 11 is 1.35. The van der Waals surface area contributed by atoms with Crippen LogP contribution in [0.4, 0.5) is 5.69 Å². The fourth-order valence-corrected chi connectivity index (χ4v) is 2.52. The van der Waals surface area contributed by atoms with E-state index < -0.39 is 5.97 Å². The summed E-state index contributed by atoms with van der Waals surface area (Å²) in [4.78, 5) is 25.0. The predicted octanol–water partition coefficient (Wildman–Crippen LogP) is 3.47. The van der Waals surface area contributed by atoms with Crippen LogP contribution >= 0.6 is 11.3 Å². The van der Waals surface area contributed by atoms with E-state index in [1.165, 1.54) is 11.3 Å². The number of aryl methyl sites for hydroxylation is 3. The van der Waals surface area contributed by atoms with Gasteiger partial charge in [0.15, 0.2) is 6.61 Å². The Balaban J connectivity index is 1.87. The smallest absolute Gasteiger partial charge is 0.348 e. The van der Waals surface area contributed by atoms with Gasteiger partial charge in [-0.15, -0.1) is 11.3 Å². The number of carbonyl (C=O) groups is 2. The fourth-order valence-electron chi connectivity index (χ4n) is 1.76. The number of hydrogen-bond donors (Lipinski definition) is 1. The number of hydrogen-bond acceptors (Lipinski definition) is 4. The Morgan fingerprint density at radius 1 is 1.10 bits per heavy atom. The number of carbonyl (C=O) groups excluding carboxylic acids is 2. The van der Waals surface area contributed by atoms with Gasteiger partial charge in [-0.1, -0.05) is 6.07 Å². The average Bonchev–Trinajstić information content (AvgIpc) is 2.87. The van der Waals surface area contributed by atoms with Gasteiger partial charge in [-0.05, 0) is 56.2 Å². The summed E-state index contributed by atoms with van der Waals surface area (Å²) in [5.41, 5.74) is 2.96. The van der Waals surface area contributed by atoms with Crippen molar-refractivity contribution in [1.29, 1.82) is 0 Å². The van der Waals surface area contributed by atoms with Crippen molar-refractivity contribution in [3.63, 3.8) is 0 Å². The summed E-state index contributed by atoms with van der Waals surface area (Å²) < 4.78 is 4.99. The van der Waals surface area contributed by atoms with Crippen LogP contribution in [0.3, 0.4) is 0 Å². The quantitative estimate of drug-likeness (QED) is 0.880. The summed E-state index contributed by atoms with van der Waals surface area (Å²) in [5.74, 6) is -0.816. The summed E-state index contributed by atoms with van der Waals surface area (Å²) in [6, 6.07) is 9.19. The second-order valence-corrected chi connectivity index (χ2v) is 6.12. The average molecular weight is 303 g/mol. The van der Waals surface area contributed by atoms with Gasteiger partial charge in [0.1, 0.15) is 4.88 Å². The lowest BCUT2D eigenvalue weighted by Gasteiger charge is -2.08. The molecule has 0 unspecified atom stereocenters. The van der Waals surface area contributed by atoms with Gasteiger partial charge in [0.05, 0.1) is 0 Å². The van der Waals surface area contributed by atoms with E-state index in [-0.39, 0.29) is 12.5 Å². The second kappa shape index (κ2) is 6.54. The first-order valence-corrected chi connectivity index (χ1v) is 7.38. The first kappa shape index (κ1) is 15.3. The topological polar surface area (TPSA) is 55.4 Å². The maximum Gasteiger partial charge on any atom is 0.348 e. The molecule has 1 N–H and O–H groups in total. The number of anilines is 1. The zero-order valence-corrected chi connectivity index (χ0v) is 13.0. The van der Waals surface area contributed by atoms with Crippen LogP contribution < -0.4 is 5.32 Å². The summed E-state index contributed by atoms with van der Waals surface area (Å²) in [6.07, 6.45) is 0. The van der Waals surface area contributed by atoms with Crippen LogP contribution in [0.15, 0.2) is 30.3 Å². The standard InChI is InChI=1S/C16H17NO3S/c1-10-4-6-13(8-11(10)2)17-15(18)9-20-16(19)14-7-5-12(3)21-14/h4-8H,9H2,1-3H3,(H,17,18). The molecule has 1 heterocycles. The molecule has 0 saturated carbocycles. The molecule has 0 aliphatic rings. The highest BCUT2D eigenvalue weighted by Crippen LogP contribution is 2.16. The Bertz CT molecular complexity index is 676. The molecular formula is C16H17NO3S. The molecule has 2 aromatic rings. The van der Waals surface area contributed by atoms with Crippen molar-refractivity contribution < 1.29 is 14.3 Å². The van der Waals surface area contributed by atoms with Crippen LogP contribution in [-0.2, 0) is 9.53 Å². The fraction of sp³-hybridized carbons (Fsp3) is 0.250. The van der Waals surface area contributed by atoms with Crippen LogP contribution in [0.5, 0.6) is 0 Å². The zero-order valence-electron chi connectivity index (χ0n) is 12.2. The van der Waals surface area contributed by atoms with Crippen LogP contribution in [-0.4, -0.2) is 18.5 Å². The Morgan fingerprint density at radius 2 is 1.86 bits per heavy atom. The largest absolute Gasteiger partial charge is 0.451 e. The van der Waals surface area contributed by atoms with E-state index in [1.54, 1.807) is 6.07 Å². The SMILES string of the molecule is Cc1ccc(C(=O)OCC(=O)Nc2ccc(C)c(C)c2)s1. The van der Waals surface area contributed by atoms with E-state index >= 15 is 0 Å². The zero-order chi connectivity index (χ0) is 15.4. The van der Waals surface area contributed by atoms with Gasteiger partial charge in [0.2, 0.25) is 0 Å². The Morgan fingerprint density at radius 3 is 2.48 bits per heavy atom. The molecule has 1 aromatic heterocycles. The highest BCUT2D eigenvalue weighted by Gasteiger charge is 2.12. The van der Waals surface area contributed by atoms with E-state index in [0.717, 1.165) is 16.0 Å². The van der Waals surface area contributed by atoms with Crippen molar-refractivity contribution in [2.75, 3.05) is 11.9 Å². The molecule has 0 saturated heterocycles. The van der Waals surface area contributed by atoms with Crippen molar-refractivity contribution in [3.8, 4) is 0 Å². The Hall–Kier alpha value is -2.14. The summed E-state index contributed by atoms with van der Waals surface area (Å²) in [6.45, 7) is 5.60. The normalized spacial score (nSPS) is 10.2. The van der Waals surface area contributed by atoms with Crippen LogP contribution in [0.25, 0.3) is 0 Å². The molecule has 0 fully saturated rings. The van der Waals surface area contributed by atoms with E-state index in [2.05, 4.69) is 5.32 Å². The summed E-state index contributed by atoms with van der Waals surface area (Å²) in [7, 11) is 0. The van der Waals surface area contributed by atoms with Crippen molar-refractivity contribution in [2.24, 2.45) is 0 Å². The molecular weight excluding hydrogens is 286 g/mol. The number of rotatable bonds is 4. The van der Waals surface area contributed by atoms with Gasteiger partial charge in [-0.2, -0.15) is 0 Å². The number of ether oxygens (including phenoxy) is 1. The maximum absolute atomic E-state index is 11.8. The molecule has 1 amide bonds. The number of amides is 1. The third-order valence-corrected chi connectivity index (χ3v) is 4.05. The lowest BCUT2D eigenvalue weighted by atomic mass is 10.1. The lowest BCUT2D eigenvalue weighted by Crippen LogP contribution is -2.20. The molecule has 0 bridgehead atoms. The molecule has 0 atom stereocenters. The Kier molecular flexibility index (Phi) is 4.75. The minimum Gasteiger partial charge on any atom is -0.451 e. The molecule has 0 spiro atoms. The molecule has 4 nitrogen and oxygen atoms in total. The minimum absolute atomic E-state index is 0.289. The lowest BCUT2D eigenvalue weighted by molar-refractivity contribution is -0.119. The third-order valence-electron chi connectivity index (χ3n) is 3.07. The van der Waals surface area contributed by atoms with Crippen LogP contribution in [0.1, 0.15) is 25.7 Å². The summed E-state index contributed by atoms with van der Waals surface area (Å²) in [5, 5.41) is 2.71. The molecule has 0 aliphatic heterocycles. The predicted molar refractivity (Wildman–Crippen MR) is 83.9 cm³/mol. The molecule has 2 rings (SSSR count). The van der Waals surface area contributed by atoms with Gasteiger partial charge < -0.3 is 10.1 Å². The van der Waals surface area contributed by atoms with E-state index in [1.807, 2.05) is 45.0 Å². The van der Waals surface area contributed by atoms with Crippen molar-refractivity contribution in [1.82, 2.24) is 0 Å². The molecule has 110 valence electrons. The number of nitrogens with one attached hydrogen (secondary N) is 1. The van der Waals surface area contributed by atoms with Gasteiger partial charge >= 0.3 is 5.97 Å². The molecule has 1 aromatic carbocycles. The van der Waals surface area contributed by atoms with Crippen molar-refractivity contribution >= 4 is 28.9 Å². The highest BCUT2D eigenvalue weighted by atomic mass is 32.1. The second-order valence-electron chi connectivity index (χ2n) is 4.83. The van der Waals surface area contributed by atoms with Gasteiger partial charge in [0.25, 0.3) is 5.91 Å². The van der Waals surface area contributed by atoms with Crippen LogP contribution in [0.2, 0.25) is 0 Å². The molecule has 0 radical (unpaired) electrons. The van der Waals surface area contributed by atoms with Gasteiger partial charge in [0, 0.05) is 10.6 Å². The van der Waals surface area contributed by atoms with E-state index in [4.69, 9.17) is 4.74 Å². The number of esters is 1. The van der Waals surface area contributed by atoms with Crippen LogP contribution in [0, 0.1) is 20.8 Å². The molecule has 0 aliphatic carbocycles. The van der Waals surface area contributed by atoms with E-state index in [0.29, 0.717) is 10.6 Å². The minimum atomic E-state index is -0.469. The maximum atomic E-state index is 11.8. The Labute approximate surface area is 127 Å². The van der Waals surface area contributed by atoms with Crippen molar-refractivity contribution in [3.05, 3.63) is 51.2 Å². The number of benzene rings is 1. The molecule has 21 heavy (non-hydrogen) atoms. The number of thiophene rings is 1. The highest BCUT2D eigenvalue weighted by molar-refractivity contribution is 7.13. The van der Waals surface area contributed by atoms with Gasteiger partial charge in [-0.3, -0.25) is 4.79 Å². The first-order valence-electron chi connectivity index (χ1n) is 6.56. The van der Waals surface area contributed by atoms with Crippen molar-refractivity contribution in [2.45, 2.75) is 20.8 Å².